The highest BCUT2D eigenvalue weighted by atomic mass is 16.4. The van der Waals surface area contributed by atoms with Gasteiger partial charge in [-0.2, -0.15) is 5.10 Å². The van der Waals surface area contributed by atoms with Gasteiger partial charge in [-0.3, -0.25) is 0 Å². The molecular formula is C11H15N3O2. The lowest BCUT2D eigenvalue weighted by Crippen LogP contribution is -2.45. The van der Waals surface area contributed by atoms with E-state index in [4.69, 9.17) is 5.11 Å². The van der Waals surface area contributed by atoms with Crippen molar-refractivity contribution in [1.29, 1.82) is 0 Å². The molecule has 16 heavy (non-hydrogen) atoms. The number of aliphatic carboxylic acids is 1. The van der Waals surface area contributed by atoms with Gasteiger partial charge in [-0.15, -0.1) is 5.10 Å². The summed E-state index contributed by atoms with van der Waals surface area (Å²) in [5.41, 5.74) is 0.840. The molecular weight excluding hydrogens is 206 g/mol. The van der Waals surface area contributed by atoms with E-state index in [0.717, 1.165) is 25.1 Å². The second kappa shape index (κ2) is 4.47. The second-order valence-corrected chi connectivity index (χ2v) is 4.08. The third-order valence-electron chi connectivity index (χ3n) is 2.87. The third-order valence-corrected chi connectivity index (χ3v) is 2.87. The zero-order valence-electron chi connectivity index (χ0n) is 9.26. The van der Waals surface area contributed by atoms with Gasteiger partial charge in [0.2, 0.25) is 0 Å². The van der Waals surface area contributed by atoms with Gasteiger partial charge in [0, 0.05) is 6.54 Å². The average molecular weight is 221 g/mol. The van der Waals surface area contributed by atoms with E-state index in [-0.39, 0.29) is 0 Å². The highest BCUT2D eigenvalue weighted by Gasteiger charge is 2.29. The largest absolute Gasteiger partial charge is 0.480 e. The van der Waals surface area contributed by atoms with Crippen LogP contribution in [0.3, 0.4) is 0 Å². The molecule has 0 saturated carbocycles. The average Bonchev–Trinajstić information content (AvgIpc) is 2.30. The van der Waals surface area contributed by atoms with Crippen LogP contribution < -0.4 is 4.90 Å². The number of carboxylic acids is 1. The molecule has 86 valence electrons. The summed E-state index contributed by atoms with van der Waals surface area (Å²) in [7, 11) is 0. The van der Waals surface area contributed by atoms with Crippen molar-refractivity contribution < 1.29 is 9.90 Å². The Balaban J connectivity index is 2.23. The Bertz CT molecular complexity index is 377. The van der Waals surface area contributed by atoms with Crippen molar-refractivity contribution in [3.8, 4) is 0 Å². The summed E-state index contributed by atoms with van der Waals surface area (Å²) in [6, 6.07) is 3.24. The predicted octanol–water partition coefficient (Wildman–Crippen LogP) is 1.23. The minimum absolute atomic E-state index is 0.453. The first kappa shape index (κ1) is 10.9. The molecule has 5 nitrogen and oxygen atoms in total. The van der Waals surface area contributed by atoms with E-state index in [9.17, 15) is 4.79 Å². The van der Waals surface area contributed by atoms with Crippen LogP contribution in [0.1, 0.15) is 25.0 Å². The summed E-state index contributed by atoms with van der Waals surface area (Å²) in [5, 5.41) is 17.1. The highest BCUT2D eigenvalue weighted by molar-refractivity contribution is 5.77. The number of carboxylic acid groups (broad SMARTS) is 1. The number of aromatic nitrogens is 2. The van der Waals surface area contributed by atoms with Gasteiger partial charge in [0.05, 0.1) is 5.69 Å². The number of anilines is 1. The molecule has 0 radical (unpaired) electrons. The van der Waals surface area contributed by atoms with E-state index in [1.54, 1.807) is 0 Å². The van der Waals surface area contributed by atoms with Crippen LogP contribution in [0, 0.1) is 6.92 Å². The summed E-state index contributed by atoms with van der Waals surface area (Å²) >= 11 is 0. The zero-order valence-corrected chi connectivity index (χ0v) is 9.26. The molecule has 2 rings (SSSR count). The maximum atomic E-state index is 11.1. The van der Waals surface area contributed by atoms with E-state index in [1.165, 1.54) is 0 Å². The molecule has 1 atom stereocenters. The van der Waals surface area contributed by atoms with Crippen molar-refractivity contribution in [3.63, 3.8) is 0 Å². The predicted molar refractivity (Wildman–Crippen MR) is 59.4 cm³/mol. The van der Waals surface area contributed by atoms with Crippen LogP contribution in [-0.4, -0.2) is 33.9 Å². The molecule has 2 heterocycles. The monoisotopic (exact) mass is 221 g/mol. The Morgan fingerprint density at radius 1 is 1.44 bits per heavy atom. The van der Waals surface area contributed by atoms with E-state index in [0.29, 0.717) is 12.2 Å². The smallest absolute Gasteiger partial charge is 0.326 e. The van der Waals surface area contributed by atoms with Gasteiger partial charge in [-0.25, -0.2) is 4.79 Å². The molecule has 1 aliphatic heterocycles. The minimum atomic E-state index is -0.776. The molecule has 1 aromatic rings. The van der Waals surface area contributed by atoms with Gasteiger partial charge in [-0.05, 0) is 38.3 Å². The van der Waals surface area contributed by atoms with Crippen LogP contribution >= 0.6 is 0 Å². The number of rotatable bonds is 2. The molecule has 1 fully saturated rings. The molecule has 5 heteroatoms. The van der Waals surface area contributed by atoms with Crippen molar-refractivity contribution in [2.24, 2.45) is 0 Å². The van der Waals surface area contributed by atoms with Gasteiger partial charge >= 0.3 is 5.97 Å². The lowest BCUT2D eigenvalue weighted by atomic mass is 10.0. The van der Waals surface area contributed by atoms with Gasteiger partial charge < -0.3 is 10.0 Å². The molecule has 1 saturated heterocycles. The fraction of sp³-hybridized carbons (Fsp3) is 0.545. The lowest BCUT2D eigenvalue weighted by Gasteiger charge is -2.33. The van der Waals surface area contributed by atoms with Crippen molar-refractivity contribution in [2.75, 3.05) is 11.4 Å². The Labute approximate surface area is 94.1 Å². The molecule has 0 bridgehead atoms. The molecule has 0 aliphatic carbocycles. The molecule has 0 unspecified atom stereocenters. The summed E-state index contributed by atoms with van der Waals surface area (Å²) in [6.07, 6.45) is 2.66. The molecule has 0 amide bonds. The number of piperidine rings is 1. The lowest BCUT2D eigenvalue weighted by molar-refractivity contribution is -0.139. The Hall–Kier alpha value is -1.65. The van der Waals surface area contributed by atoms with Gasteiger partial charge in [-0.1, -0.05) is 0 Å². The normalized spacial score (nSPS) is 20.8. The van der Waals surface area contributed by atoms with E-state index in [1.807, 2.05) is 24.0 Å². The van der Waals surface area contributed by atoms with Gasteiger partial charge in [0.15, 0.2) is 5.82 Å². The fourth-order valence-corrected chi connectivity index (χ4v) is 2.01. The van der Waals surface area contributed by atoms with Crippen molar-refractivity contribution in [2.45, 2.75) is 32.2 Å². The van der Waals surface area contributed by atoms with E-state index < -0.39 is 12.0 Å². The van der Waals surface area contributed by atoms with Crippen LogP contribution in [0.5, 0.6) is 0 Å². The van der Waals surface area contributed by atoms with Crippen molar-refractivity contribution in [1.82, 2.24) is 10.2 Å². The first-order valence-corrected chi connectivity index (χ1v) is 5.48. The first-order chi connectivity index (χ1) is 7.68. The molecule has 1 N–H and O–H groups in total. The standard InChI is InChI=1S/C11H15N3O2/c1-8-5-6-10(13-12-8)14-7-3-2-4-9(14)11(15)16/h5-6,9H,2-4,7H2,1H3,(H,15,16)/t9-/m1/s1. The number of aryl methyl sites for hydroxylation is 1. The quantitative estimate of drug-likeness (QED) is 0.813. The number of carbonyl (C=O) groups is 1. The Kier molecular flexibility index (Phi) is 3.03. The van der Waals surface area contributed by atoms with Crippen LogP contribution in [0.4, 0.5) is 5.82 Å². The fourth-order valence-electron chi connectivity index (χ4n) is 2.01. The van der Waals surface area contributed by atoms with Gasteiger partial charge in [0.25, 0.3) is 0 Å². The SMILES string of the molecule is Cc1ccc(N2CCCC[C@@H]2C(=O)O)nn1. The summed E-state index contributed by atoms with van der Waals surface area (Å²) in [6.45, 7) is 2.61. The van der Waals surface area contributed by atoms with Crippen LogP contribution in [0.2, 0.25) is 0 Å². The number of hydrogen-bond acceptors (Lipinski definition) is 4. The molecule has 1 aliphatic rings. The molecule has 0 spiro atoms. The van der Waals surface area contributed by atoms with Crippen molar-refractivity contribution >= 4 is 11.8 Å². The Morgan fingerprint density at radius 3 is 2.88 bits per heavy atom. The topological polar surface area (TPSA) is 66.3 Å². The van der Waals surface area contributed by atoms with Crippen LogP contribution in [0.15, 0.2) is 12.1 Å². The summed E-state index contributed by atoms with van der Waals surface area (Å²) in [4.78, 5) is 12.9. The van der Waals surface area contributed by atoms with Crippen LogP contribution in [0.25, 0.3) is 0 Å². The molecule has 1 aromatic heterocycles. The minimum Gasteiger partial charge on any atom is -0.480 e. The number of hydrogen-bond donors (Lipinski definition) is 1. The van der Waals surface area contributed by atoms with Crippen LogP contribution in [-0.2, 0) is 4.79 Å². The third kappa shape index (κ3) is 2.13. The Morgan fingerprint density at radius 2 is 2.25 bits per heavy atom. The maximum Gasteiger partial charge on any atom is 0.326 e. The van der Waals surface area contributed by atoms with Gasteiger partial charge in [0.1, 0.15) is 6.04 Å². The number of nitrogens with zero attached hydrogens (tertiary/aromatic N) is 3. The zero-order chi connectivity index (χ0) is 11.5. The maximum absolute atomic E-state index is 11.1. The summed E-state index contributed by atoms with van der Waals surface area (Å²) in [5.74, 6) is -0.111. The van der Waals surface area contributed by atoms with E-state index >= 15 is 0 Å². The molecule has 0 aromatic carbocycles. The first-order valence-electron chi connectivity index (χ1n) is 5.48. The second-order valence-electron chi connectivity index (χ2n) is 4.08. The van der Waals surface area contributed by atoms with Crippen molar-refractivity contribution in [3.05, 3.63) is 17.8 Å². The summed E-state index contributed by atoms with van der Waals surface area (Å²) < 4.78 is 0. The van der Waals surface area contributed by atoms with E-state index in [2.05, 4.69) is 10.2 Å². The highest BCUT2D eigenvalue weighted by Crippen LogP contribution is 2.22.